The van der Waals surface area contributed by atoms with Gasteiger partial charge in [0.2, 0.25) is 0 Å². The summed E-state index contributed by atoms with van der Waals surface area (Å²) in [5.41, 5.74) is 2.78. The largest absolute Gasteiger partial charge is 0.353 e. The van der Waals surface area contributed by atoms with Gasteiger partial charge in [0.05, 0.1) is 11.2 Å². The monoisotopic (exact) mass is 328 g/mol. The van der Waals surface area contributed by atoms with Crippen molar-refractivity contribution < 1.29 is 0 Å². The predicted octanol–water partition coefficient (Wildman–Crippen LogP) is 4.01. The Morgan fingerprint density at radius 3 is 2.65 bits per heavy atom. The smallest absolute Gasteiger partial charge is 0.138 e. The van der Waals surface area contributed by atoms with Gasteiger partial charge in [0.15, 0.2) is 0 Å². The lowest BCUT2D eigenvalue weighted by Crippen LogP contribution is -2.45. The molecule has 0 spiro atoms. The van der Waals surface area contributed by atoms with Crippen LogP contribution in [-0.4, -0.2) is 49.3 Å². The number of piperazine rings is 1. The molecule has 1 aliphatic rings. The van der Waals surface area contributed by atoms with Crippen LogP contribution >= 0.6 is 11.6 Å². The first kappa shape index (κ1) is 16.0. The highest BCUT2D eigenvalue weighted by molar-refractivity contribution is 6.31. The summed E-state index contributed by atoms with van der Waals surface area (Å²) in [5.74, 6) is 0.948. The summed E-state index contributed by atoms with van der Waals surface area (Å²) in [6.45, 7) is 9.87. The topological polar surface area (TPSA) is 31.7 Å². The van der Waals surface area contributed by atoms with Gasteiger partial charge in [0, 0.05) is 48.4 Å². The van der Waals surface area contributed by atoms with Gasteiger partial charge in [-0.25, -0.2) is 4.98 Å². The molecule has 1 fully saturated rings. The molecule has 0 saturated carbocycles. The SMILES string of the molecule is C=Cc1c(N2CCN(C)CC2)nc2cc(Cl)ccc2c1N=CC. The number of anilines is 1. The number of hydrogen-bond donors (Lipinski definition) is 0. The van der Waals surface area contributed by atoms with Crippen molar-refractivity contribution in [1.29, 1.82) is 0 Å². The third kappa shape index (κ3) is 3.09. The highest BCUT2D eigenvalue weighted by Gasteiger charge is 2.21. The van der Waals surface area contributed by atoms with Gasteiger partial charge >= 0.3 is 0 Å². The first-order chi connectivity index (χ1) is 11.1. The summed E-state index contributed by atoms with van der Waals surface area (Å²) in [6, 6.07) is 5.76. The van der Waals surface area contributed by atoms with Gasteiger partial charge in [-0.1, -0.05) is 24.3 Å². The lowest BCUT2D eigenvalue weighted by Gasteiger charge is -2.34. The van der Waals surface area contributed by atoms with E-state index in [-0.39, 0.29) is 0 Å². The molecule has 0 N–H and O–H groups in total. The average Bonchev–Trinajstić information content (AvgIpc) is 2.55. The van der Waals surface area contributed by atoms with E-state index in [9.17, 15) is 0 Å². The van der Waals surface area contributed by atoms with Crippen LogP contribution in [0.2, 0.25) is 5.02 Å². The number of fused-ring (bicyclic) bond motifs is 1. The highest BCUT2D eigenvalue weighted by Crippen LogP contribution is 2.37. The molecule has 1 aromatic carbocycles. The Labute approximate surface area is 142 Å². The molecule has 3 rings (SSSR count). The molecule has 1 aromatic heterocycles. The second kappa shape index (κ2) is 6.69. The fourth-order valence-corrected chi connectivity index (χ4v) is 3.10. The van der Waals surface area contributed by atoms with E-state index in [0.717, 1.165) is 54.2 Å². The van der Waals surface area contributed by atoms with Crippen LogP contribution in [0.25, 0.3) is 17.0 Å². The summed E-state index contributed by atoms with van der Waals surface area (Å²) in [7, 11) is 2.14. The molecule has 120 valence electrons. The molecular formula is C18H21ClN4. The number of aromatic nitrogens is 1. The fraction of sp³-hybridized carbons (Fsp3) is 0.333. The van der Waals surface area contributed by atoms with Gasteiger partial charge in [-0.2, -0.15) is 0 Å². The fourth-order valence-electron chi connectivity index (χ4n) is 2.94. The van der Waals surface area contributed by atoms with Gasteiger partial charge in [-0.05, 0) is 32.2 Å². The van der Waals surface area contributed by atoms with Gasteiger partial charge in [0.1, 0.15) is 5.82 Å². The third-order valence-electron chi connectivity index (χ3n) is 4.20. The normalized spacial score (nSPS) is 16.4. The van der Waals surface area contributed by atoms with E-state index >= 15 is 0 Å². The molecule has 0 unspecified atom stereocenters. The number of benzene rings is 1. The lowest BCUT2D eigenvalue weighted by molar-refractivity contribution is 0.312. The number of hydrogen-bond acceptors (Lipinski definition) is 4. The molecule has 2 heterocycles. The number of pyridine rings is 1. The molecule has 0 atom stereocenters. The zero-order valence-corrected chi connectivity index (χ0v) is 14.3. The summed E-state index contributed by atoms with van der Waals surface area (Å²) in [6.07, 6.45) is 3.67. The molecule has 1 saturated heterocycles. The minimum absolute atomic E-state index is 0.687. The Kier molecular flexibility index (Phi) is 4.64. The minimum Gasteiger partial charge on any atom is -0.353 e. The maximum Gasteiger partial charge on any atom is 0.138 e. The van der Waals surface area contributed by atoms with E-state index in [0.29, 0.717) is 5.02 Å². The molecule has 1 aliphatic heterocycles. The van der Waals surface area contributed by atoms with Crippen molar-refractivity contribution in [2.45, 2.75) is 6.92 Å². The van der Waals surface area contributed by atoms with Crippen molar-refractivity contribution in [2.75, 3.05) is 38.1 Å². The van der Waals surface area contributed by atoms with Crippen LogP contribution < -0.4 is 4.90 Å². The van der Waals surface area contributed by atoms with Crippen molar-refractivity contribution in [3.05, 3.63) is 35.4 Å². The van der Waals surface area contributed by atoms with E-state index in [1.165, 1.54) is 0 Å². The first-order valence-electron chi connectivity index (χ1n) is 7.82. The Hall–Kier alpha value is -1.91. The molecule has 0 aliphatic carbocycles. The molecule has 0 bridgehead atoms. The minimum atomic E-state index is 0.687. The maximum absolute atomic E-state index is 6.16. The van der Waals surface area contributed by atoms with E-state index in [1.807, 2.05) is 37.4 Å². The summed E-state index contributed by atoms with van der Waals surface area (Å²) < 4.78 is 0. The van der Waals surface area contributed by atoms with Crippen molar-refractivity contribution in [2.24, 2.45) is 4.99 Å². The molecule has 23 heavy (non-hydrogen) atoms. The van der Waals surface area contributed by atoms with Crippen LogP contribution in [0.3, 0.4) is 0 Å². The molecular weight excluding hydrogens is 308 g/mol. The number of nitrogens with zero attached hydrogens (tertiary/aromatic N) is 4. The van der Waals surface area contributed by atoms with Crippen LogP contribution in [0.1, 0.15) is 12.5 Å². The second-order valence-electron chi connectivity index (χ2n) is 5.74. The summed E-state index contributed by atoms with van der Waals surface area (Å²) >= 11 is 6.16. The van der Waals surface area contributed by atoms with Crippen molar-refractivity contribution in [3.63, 3.8) is 0 Å². The molecule has 0 amide bonds. The van der Waals surface area contributed by atoms with Crippen LogP contribution in [0.5, 0.6) is 0 Å². The van der Waals surface area contributed by atoms with Crippen LogP contribution in [0.15, 0.2) is 29.8 Å². The maximum atomic E-state index is 6.16. The standard InChI is InChI=1S/C18H21ClN4/c1-4-14-17(20-5-2)15-7-6-13(19)12-16(15)21-18(14)23-10-8-22(3)9-11-23/h4-7,12H,1,8-11H2,2-3H3. The summed E-state index contributed by atoms with van der Waals surface area (Å²) in [4.78, 5) is 14.1. The van der Waals surface area contributed by atoms with Gasteiger partial charge in [-0.15, -0.1) is 0 Å². The zero-order valence-electron chi connectivity index (χ0n) is 13.6. The quantitative estimate of drug-likeness (QED) is 0.798. The van der Waals surface area contributed by atoms with Crippen molar-refractivity contribution in [3.8, 4) is 0 Å². The van der Waals surface area contributed by atoms with Gasteiger partial charge in [0.25, 0.3) is 0 Å². The van der Waals surface area contributed by atoms with E-state index in [1.54, 1.807) is 0 Å². The Balaban J connectivity index is 2.21. The number of likely N-dealkylation sites (N-methyl/N-ethyl adjacent to an activating group) is 1. The number of rotatable bonds is 3. The van der Waals surface area contributed by atoms with Crippen molar-refractivity contribution >= 4 is 46.3 Å². The predicted molar refractivity (Wildman–Crippen MR) is 100 cm³/mol. The van der Waals surface area contributed by atoms with Gasteiger partial charge in [-0.3, -0.25) is 4.99 Å². The van der Waals surface area contributed by atoms with E-state index in [4.69, 9.17) is 16.6 Å². The summed E-state index contributed by atoms with van der Waals surface area (Å²) in [5, 5.41) is 1.69. The Morgan fingerprint density at radius 1 is 1.26 bits per heavy atom. The number of halogens is 1. The molecule has 5 heteroatoms. The third-order valence-corrected chi connectivity index (χ3v) is 4.44. The van der Waals surface area contributed by atoms with E-state index < -0.39 is 0 Å². The van der Waals surface area contributed by atoms with E-state index in [2.05, 4.69) is 28.4 Å². The Morgan fingerprint density at radius 2 is 2.00 bits per heavy atom. The van der Waals surface area contributed by atoms with Crippen LogP contribution in [0, 0.1) is 0 Å². The second-order valence-corrected chi connectivity index (χ2v) is 6.18. The first-order valence-corrected chi connectivity index (χ1v) is 8.19. The Bertz CT molecular complexity index is 761. The average molecular weight is 329 g/mol. The van der Waals surface area contributed by atoms with Crippen molar-refractivity contribution in [1.82, 2.24) is 9.88 Å². The molecule has 0 radical (unpaired) electrons. The lowest BCUT2D eigenvalue weighted by atomic mass is 10.1. The van der Waals surface area contributed by atoms with Crippen LogP contribution in [-0.2, 0) is 0 Å². The zero-order chi connectivity index (χ0) is 16.4. The molecule has 4 nitrogen and oxygen atoms in total. The van der Waals surface area contributed by atoms with Crippen LogP contribution in [0.4, 0.5) is 11.5 Å². The highest BCUT2D eigenvalue weighted by atomic mass is 35.5. The molecule has 2 aromatic rings. The van der Waals surface area contributed by atoms with Gasteiger partial charge < -0.3 is 9.80 Å². The number of aliphatic imine (C=N–C) groups is 1.